The summed E-state index contributed by atoms with van der Waals surface area (Å²) in [6.45, 7) is 13.6. The number of benzene rings is 8. The van der Waals surface area contributed by atoms with Crippen LogP contribution in [0.1, 0.15) is 194 Å². The minimum absolute atomic E-state index is 0.0688. The summed E-state index contributed by atoms with van der Waals surface area (Å²) in [5.41, 5.74) is 59.0. The Morgan fingerprint density at radius 2 is 0.959 bits per heavy atom. The number of hydrogen-bond acceptors (Lipinski definition) is 9. The predicted molar refractivity (Wildman–Crippen MR) is 417 cm³/mol. The maximum absolute atomic E-state index is 11.5. The normalized spacial score (nSPS) is 16.4. The van der Waals surface area contributed by atoms with Gasteiger partial charge < -0.3 is 32.8 Å². The van der Waals surface area contributed by atoms with Crippen LogP contribution in [0.25, 0.3) is 0 Å². The van der Waals surface area contributed by atoms with Gasteiger partial charge in [-0.2, -0.15) is 0 Å². The number of carbonyl (C=O) groups is 1. The summed E-state index contributed by atoms with van der Waals surface area (Å²) >= 11 is 14.0. The van der Waals surface area contributed by atoms with Gasteiger partial charge in [0, 0.05) is 58.8 Å². The van der Waals surface area contributed by atoms with Crippen LogP contribution in [0.4, 0.5) is 33.2 Å². The molecule has 10 N–H and O–H groups in total. The number of aliphatic hydroxyl groups is 1. The second-order valence-corrected chi connectivity index (χ2v) is 32.5. The molecule has 1 saturated carbocycles. The second kappa shape index (κ2) is 30.1. The van der Waals surface area contributed by atoms with Crippen LogP contribution < -0.4 is 28.3 Å². The van der Waals surface area contributed by atoms with Gasteiger partial charge in [0.1, 0.15) is 5.60 Å². The van der Waals surface area contributed by atoms with Gasteiger partial charge in [-0.3, -0.25) is 15.3 Å². The second-order valence-electron chi connectivity index (χ2n) is 29.2. The first-order chi connectivity index (χ1) is 46.4. The third kappa shape index (κ3) is 16.2. The Labute approximate surface area is 608 Å². The number of nitrogen functional groups attached to an aromatic ring is 4. The van der Waals surface area contributed by atoms with Gasteiger partial charge in [-0.25, -0.2) is 4.79 Å². The third-order valence-corrected chi connectivity index (χ3v) is 24.4. The number of aliphatic imine (C=N–C) groups is 2. The van der Waals surface area contributed by atoms with Crippen LogP contribution in [-0.4, -0.2) is 29.2 Å². The fourth-order valence-electron chi connectivity index (χ4n) is 14.4. The van der Waals surface area contributed by atoms with Crippen LogP contribution in [0, 0.1) is 19.3 Å². The molecule has 0 bridgehead atoms. The molecule has 11 aliphatic rings. The number of ether oxygens (including phenoxy) is 1. The Bertz CT molecular complexity index is 4200. The lowest BCUT2D eigenvalue weighted by molar-refractivity contribution is 0.00674. The highest BCUT2D eigenvalue weighted by Crippen LogP contribution is 2.50. The molecule has 1 unspecified atom stereocenters. The monoisotopic (exact) mass is 1550 g/mol. The molecule has 1 atom stereocenters. The fourth-order valence-corrected chi connectivity index (χ4v) is 16.8. The molecule has 97 heavy (non-hydrogen) atoms. The van der Waals surface area contributed by atoms with Crippen molar-refractivity contribution in [3.63, 3.8) is 0 Å². The van der Waals surface area contributed by atoms with Gasteiger partial charge in [-0.15, -0.1) is 0 Å². The van der Waals surface area contributed by atoms with Crippen LogP contribution in [0.3, 0.4) is 0 Å². The smallest absolute Gasteiger partial charge is 0.412 e. The average Bonchev–Trinajstić information content (AvgIpc) is 1.74. The van der Waals surface area contributed by atoms with Gasteiger partial charge in [0.25, 0.3) is 0 Å². The first-order valence-electron chi connectivity index (χ1n) is 34.9. The molecule has 0 saturated heterocycles. The van der Waals surface area contributed by atoms with E-state index in [0.717, 1.165) is 82.6 Å². The lowest BCUT2D eigenvalue weighted by atomic mass is 9.66. The predicted octanol–water partition coefficient (Wildman–Crippen LogP) is 19.5. The minimum Gasteiger partial charge on any atom is -0.444 e. The summed E-state index contributed by atoms with van der Waals surface area (Å²) in [5.74, 6) is 0. The first-order valence-corrected chi connectivity index (χ1v) is 38.1. The van der Waals surface area contributed by atoms with Crippen molar-refractivity contribution < 1.29 is 14.6 Å². The molecule has 1 amide bonds. The van der Waals surface area contributed by atoms with Gasteiger partial charge in [0.15, 0.2) is 0 Å². The van der Waals surface area contributed by atoms with Gasteiger partial charge in [-0.1, -0.05) is 88.4 Å². The molecule has 8 aromatic carbocycles. The summed E-state index contributed by atoms with van der Waals surface area (Å²) in [5, 5.41) is 13.9. The first kappa shape index (κ1) is 70.3. The van der Waals surface area contributed by atoms with E-state index in [2.05, 4.69) is 179 Å². The highest BCUT2D eigenvalue weighted by atomic mass is 79.9. The zero-order chi connectivity index (χ0) is 68.4. The van der Waals surface area contributed by atoms with E-state index in [9.17, 15) is 9.90 Å². The lowest BCUT2D eigenvalue weighted by Crippen LogP contribution is -2.31. The van der Waals surface area contributed by atoms with Crippen molar-refractivity contribution in [3.05, 3.63) is 243 Å². The number of nitrogens with two attached hydrogens (primary N) is 4. The molecule has 0 aromatic heterocycles. The number of carbonyl (C=O) groups excluding carboxylic acids is 1. The Morgan fingerprint density at radius 3 is 1.46 bits per heavy atom. The maximum atomic E-state index is 11.5. The van der Waals surface area contributed by atoms with E-state index in [0.29, 0.717) is 0 Å². The molecule has 14 heteroatoms. The molecule has 8 aromatic rings. The molecule has 9 aliphatic carbocycles. The lowest BCUT2D eigenvalue weighted by Gasteiger charge is -2.41. The summed E-state index contributed by atoms with van der Waals surface area (Å²) in [7, 11) is 0. The number of nitrogens with zero attached hydrogens (tertiary/aromatic N) is 2. The molecular weight excluding hydrogens is 1460 g/mol. The van der Waals surface area contributed by atoms with Crippen LogP contribution in [0.15, 0.2) is 125 Å². The molecule has 506 valence electrons. The van der Waals surface area contributed by atoms with Crippen molar-refractivity contribution in [2.24, 2.45) is 15.4 Å². The number of halogens is 4. The van der Waals surface area contributed by atoms with E-state index in [-0.39, 0.29) is 11.5 Å². The average molecular weight is 1560 g/mol. The van der Waals surface area contributed by atoms with Gasteiger partial charge in [0.2, 0.25) is 0 Å². The fraction of sp³-hybridized carbons (Fsp3) is 0.386. The Morgan fingerprint density at radius 1 is 0.495 bits per heavy atom. The Hall–Kier alpha value is -6.55. The van der Waals surface area contributed by atoms with Crippen molar-refractivity contribution >= 4 is 111 Å². The highest BCUT2D eigenvalue weighted by molar-refractivity contribution is 9.11. The third-order valence-electron chi connectivity index (χ3n) is 21.3. The van der Waals surface area contributed by atoms with E-state index in [1.807, 2.05) is 51.4 Å². The van der Waals surface area contributed by atoms with Crippen LogP contribution >= 0.6 is 63.7 Å². The van der Waals surface area contributed by atoms with Crippen molar-refractivity contribution in [3.8, 4) is 0 Å². The Balaban J connectivity index is 0.000000107. The summed E-state index contributed by atoms with van der Waals surface area (Å²) < 4.78 is 9.86. The molecule has 0 spiro atoms. The van der Waals surface area contributed by atoms with Crippen molar-refractivity contribution in [1.29, 1.82) is 0 Å². The van der Waals surface area contributed by atoms with Gasteiger partial charge in [-0.05, 0) is 382 Å². The van der Waals surface area contributed by atoms with E-state index < -0.39 is 11.7 Å². The van der Waals surface area contributed by atoms with Gasteiger partial charge in [0.05, 0.1) is 19.2 Å². The summed E-state index contributed by atoms with van der Waals surface area (Å²) in [6.07, 6.45) is 28.8. The SMILES string of the molecule is Brc1c2c(cc3c1CC3)C=NC2.Brc1ccc2c(c1)CC2.CC(C)(C)OC(=O)Nc1ccc2c(c1)CC2.CC1(C(O)c2c3c(cc4c2CC4)C=NC3)CCCCC1.Cc1cc2c(c(Br)c1N)CC2.Cc1cc2c(cc1N)CC2.Nc1cc2c(cc1Br)CC2.Nc1ccc2c(c1)CC2. The van der Waals surface area contributed by atoms with E-state index in [1.165, 1.54) is 240 Å². The molecule has 2 heterocycles. The number of fused-ring (bicyclic) bond motifs is 10. The number of nitrogens with one attached hydrogen (secondary N) is 1. The van der Waals surface area contributed by atoms with E-state index >= 15 is 0 Å². The standard InChI is InChI=1S/C18H23NO.C13H17NO2.C10H8BrN.C9H10BrN.C9H11N.C8H8BrN.C8H7Br.C8H9N/c1-18(7-3-2-4-8-18)17(20)16-14-6-5-12(14)9-13-10-19-11-15(13)16;1-13(2,3)16-12(15)14-11-7-6-9-4-5-10(9)8-11;11-10-8-2-1-6(8)3-7-4-12-5-9(7)10;1-5-4-6-2-3-7(6)8(10)9(5)11;1-6-4-7-2-3-8(7)5-9(6)10;9-7-3-5-1-2-6(5)4-8(7)10;2*9-8-4-3-6-1-2-7(6)5-8/h9-10,17,20H,2-8,11H2,1H3;6-8H,4-5H2,1-3H3,(H,14,15);3-4H,1-2,5H2;4H,2-3,11H2,1H3;4-5H,2-3,10H2,1H3;3-4H,1-2,10H2;3-5H,1-2H2;3-5H,1-2,9H2. The summed E-state index contributed by atoms with van der Waals surface area (Å²) in [6, 6.07) is 33.9. The molecule has 0 radical (unpaired) electrons. The van der Waals surface area contributed by atoms with E-state index in [4.69, 9.17) is 27.7 Å². The molecule has 2 aliphatic heterocycles. The van der Waals surface area contributed by atoms with E-state index in [1.54, 1.807) is 0 Å². The highest BCUT2D eigenvalue weighted by Gasteiger charge is 2.40. The number of hydrogen-bond donors (Lipinski definition) is 6. The van der Waals surface area contributed by atoms with Gasteiger partial charge >= 0.3 is 6.09 Å². The molecular formula is C83H93Br4N7O3. The number of anilines is 5. The zero-order valence-electron chi connectivity index (χ0n) is 57.2. The summed E-state index contributed by atoms with van der Waals surface area (Å²) in [4.78, 5) is 20.2. The van der Waals surface area contributed by atoms with Crippen molar-refractivity contribution in [2.75, 3.05) is 28.3 Å². The van der Waals surface area contributed by atoms with Crippen LogP contribution in [0.2, 0.25) is 0 Å². The number of aliphatic hydroxyl groups excluding tert-OH is 1. The maximum Gasteiger partial charge on any atom is 0.412 e. The quantitative estimate of drug-likeness (QED) is 0.0950. The minimum atomic E-state index is -0.454. The topological polar surface area (TPSA) is 187 Å². The molecule has 1 fully saturated rings. The molecule has 10 nitrogen and oxygen atoms in total. The van der Waals surface area contributed by atoms with Crippen LogP contribution in [-0.2, 0) is 121 Å². The number of rotatable bonds is 3. The number of amides is 1. The number of aryl methyl sites for hydroxylation is 15. The van der Waals surface area contributed by atoms with Crippen molar-refractivity contribution in [2.45, 2.75) is 201 Å². The zero-order valence-corrected chi connectivity index (χ0v) is 63.6. The molecule has 19 rings (SSSR count). The van der Waals surface area contributed by atoms with Crippen LogP contribution in [0.5, 0.6) is 0 Å². The largest absolute Gasteiger partial charge is 0.444 e. The Kier molecular flexibility index (Phi) is 21.8. The van der Waals surface area contributed by atoms with Crippen molar-refractivity contribution in [1.82, 2.24) is 0 Å².